The second kappa shape index (κ2) is 10.4. The SMILES string of the molecule is C[C@H](N[P+](=O)OC[C@@]1(C#N)O[C@@H](c2ccc3c(N)ncnn23)[C@H](O)[C@@H]1O)C(=O)OCC(C)(C)C(F)(F)F. The van der Waals surface area contributed by atoms with Crippen LogP contribution in [0.4, 0.5) is 19.0 Å². The first-order valence-electron chi connectivity index (χ1n) is 10.8. The molecule has 1 aliphatic heterocycles. The summed E-state index contributed by atoms with van der Waals surface area (Å²) in [4.78, 5) is 15.9. The summed E-state index contributed by atoms with van der Waals surface area (Å²) >= 11 is 0. The lowest BCUT2D eigenvalue weighted by Gasteiger charge is -2.27. The molecule has 2 aromatic heterocycles. The van der Waals surface area contributed by atoms with Gasteiger partial charge < -0.3 is 25.4 Å². The fourth-order valence-corrected chi connectivity index (χ4v) is 4.14. The maximum absolute atomic E-state index is 12.9. The van der Waals surface area contributed by atoms with Crippen molar-refractivity contribution in [2.45, 2.75) is 56.9 Å². The van der Waals surface area contributed by atoms with E-state index < -0.39 is 68.9 Å². The number of halogens is 3. The van der Waals surface area contributed by atoms with Gasteiger partial charge >= 0.3 is 20.3 Å². The number of nitrogen functional groups attached to an aromatic ring is 1. The molecule has 0 aromatic carbocycles. The van der Waals surface area contributed by atoms with Gasteiger partial charge in [0.25, 0.3) is 0 Å². The number of nitrogens with one attached hydrogen (secondary N) is 1. The summed E-state index contributed by atoms with van der Waals surface area (Å²) in [5, 5.41) is 37.1. The lowest BCUT2D eigenvalue weighted by molar-refractivity contribution is -0.226. The van der Waals surface area contributed by atoms with Crippen LogP contribution in [-0.4, -0.2) is 74.0 Å². The average molecular weight is 549 g/mol. The molecule has 202 valence electrons. The molecule has 1 fully saturated rings. The largest absolute Gasteiger partial charge is 0.613 e. The molecule has 6 atom stereocenters. The number of hydrogen-bond acceptors (Lipinski definition) is 11. The number of aliphatic hydroxyl groups excluding tert-OH is 2. The van der Waals surface area contributed by atoms with E-state index in [9.17, 15) is 38.0 Å². The van der Waals surface area contributed by atoms with Crippen LogP contribution in [0.25, 0.3) is 5.52 Å². The molecule has 2 aromatic rings. The van der Waals surface area contributed by atoms with Crippen LogP contribution in [0, 0.1) is 16.7 Å². The summed E-state index contributed by atoms with van der Waals surface area (Å²) in [6.45, 7) is 1.14. The average Bonchev–Trinajstić information content (AvgIpc) is 3.36. The van der Waals surface area contributed by atoms with Crippen LogP contribution >= 0.6 is 8.18 Å². The van der Waals surface area contributed by atoms with Gasteiger partial charge in [-0.1, -0.05) is 5.09 Å². The minimum atomic E-state index is -4.61. The zero-order valence-corrected chi connectivity index (χ0v) is 20.7. The van der Waals surface area contributed by atoms with Crippen molar-refractivity contribution in [1.82, 2.24) is 19.7 Å². The number of ether oxygens (including phenoxy) is 2. The Labute approximate surface area is 209 Å². The van der Waals surface area contributed by atoms with Gasteiger partial charge in [-0.05, 0) is 37.5 Å². The zero-order valence-electron chi connectivity index (χ0n) is 19.8. The molecule has 0 aliphatic carbocycles. The Bertz CT molecular complexity index is 1220. The van der Waals surface area contributed by atoms with Gasteiger partial charge in [-0.15, -0.1) is 4.52 Å². The molecule has 0 bridgehead atoms. The molecule has 37 heavy (non-hydrogen) atoms. The van der Waals surface area contributed by atoms with E-state index in [1.54, 1.807) is 12.1 Å². The summed E-state index contributed by atoms with van der Waals surface area (Å²) in [7, 11) is -2.88. The van der Waals surface area contributed by atoms with Gasteiger partial charge in [0.05, 0.1) is 11.1 Å². The molecule has 0 spiro atoms. The molecule has 1 aliphatic rings. The summed E-state index contributed by atoms with van der Waals surface area (Å²) in [5.74, 6) is -0.977. The normalized spacial score (nSPS) is 25.6. The summed E-state index contributed by atoms with van der Waals surface area (Å²) in [6, 6.07) is 3.43. The molecular formula is C20H25F3N6O7P+. The van der Waals surface area contributed by atoms with Gasteiger partial charge in [-0.25, -0.2) is 9.50 Å². The molecule has 0 radical (unpaired) electrons. The lowest BCUT2D eigenvalue weighted by Crippen LogP contribution is -2.45. The van der Waals surface area contributed by atoms with Gasteiger partial charge in [0, 0.05) is 0 Å². The highest BCUT2D eigenvalue weighted by molar-refractivity contribution is 7.36. The van der Waals surface area contributed by atoms with E-state index in [2.05, 4.69) is 19.9 Å². The number of alkyl halides is 3. The highest BCUT2D eigenvalue weighted by atomic mass is 31.1. The minimum absolute atomic E-state index is 0.141. The van der Waals surface area contributed by atoms with Crippen LogP contribution < -0.4 is 10.8 Å². The van der Waals surface area contributed by atoms with Crippen LogP contribution in [0.1, 0.15) is 32.6 Å². The van der Waals surface area contributed by atoms with Crippen LogP contribution in [0.2, 0.25) is 0 Å². The Morgan fingerprint density at radius 1 is 1.43 bits per heavy atom. The van der Waals surface area contributed by atoms with E-state index in [0.717, 1.165) is 20.2 Å². The molecule has 13 nitrogen and oxygen atoms in total. The quantitative estimate of drug-likeness (QED) is 0.258. The second-order valence-electron chi connectivity index (χ2n) is 9.05. The van der Waals surface area contributed by atoms with Crippen LogP contribution in [0.3, 0.4) is 0 Å². The number of aromatic nitrogens is 3. The standard InChI is InChI=1S/C20H25F3N6O7P/c1-10(17(32)34-7-18(2,3)20(21,22)23)28-37(33)35-8-19(6-24)15(31)13(30)14(36-19)11-4-5-12-16(25)26-9-27-29(11)12/h4-5,9-10,13-15,30-31H,7-8H2,1-3H3,(H,28,33)(H2,25,26,27)/q+1/t10-,13-,14-,15-,19+/m0/s1. The Balaban J connectivity index is 1.63. The van der Waals surface area contributed by atoms with Gasteiger partial charge in [0.1, 0.15) is 55.5 Å². The van der Waals surface area contributed by atoms with Crippen molar-refractivity contribution in [3.05, 3.63) is 24.2 Å². The Hall–Kier alpha value is -2.93. The third kappa shape index (κ3) is 5.66. The maximum Gasteiger partial charge on any atom is 0.613 e. The number of rotatable bonds is 9. The smallest absolute Gasteiger partial charge is 0.463 e. The van der Waals surface area contributed by atoms with Gasteiger partial charge in [-0.3, -0.25) is 4.79 Å². The predicted molar refractivity (Wildman–Crippen MR) is 119 cm³/mol. The van der Waals surface area contributed by atoms with E-state index >= 15 is 0 Å². The summed E-state index contributed by atoms with van der Waals surface area (Å²) < 4.78 is 67.8. The first-order chi connectivity index (χ1) is 17.1. The highest BCUT2D eigenvalue weighted by Crippen LogP contribution is 2.42. The molecule has 3 heterocycles. The summed E-state index contributed by atoms with van der Waals surface area (Å²) in [5.41, 5.74) is 1.96. The number of aliphatic hydroxyl groups is 2. The van der Waals surface area contributed by atoms with Gasteiger partial charge in [-0.2, -0.15) is 23.5 Å². The fourth-order valence-electron chi connectivity index (χ4n) is 3.34. The Morgan fingerprint density at radius 2 is 2.11 bits per heavy atom. The van der Waals surface area contributed by atoms with Gasteiger partial charge in [0.15, 0.2) is 5.82 Å². The molecule has 1 unspecified atom stereocenters. The van der Waals surface area contributed by atoms with Crippen molar-refractivity contribution in [3.8, 4) is 6.07 Å². The first-order valence-corrected chi connectivity index (χ1v) is 11.9. The van der Waals surface area contributed by atoms with Crippen molar-refractivity contribution in [2.75, 3.05) is 18.9 Å². The number of hydrogen-bond donors (Lipinski definition) is 4. The molecule has 3 rings (SSSR count). The van der Waals surface area contributed by atoms with Crippen molar-refractivity contribution in [2.24, 2.45) is 5.41 Å². The number of esters is 1. The van der Waals surface area contributed by atoms with E-state index in [0.29, 0.717) is 5.52 Å². The molecular weight excluding hydrogens is 524 g/mol. The Morgan fingerprint density at radius 3 is 2.73 bits per heavy atom. The summed E-state index contributed by atoms with van der Waals surface area (Å²) in [6.07, 6.45) is -8.12. The Kier molecular flexibility index (Phi) is 8.08. The van der Waals surface area contributed by atoms with Crippen molar-refractivity contribution >= 4 is 25.5 Å². The predicted octanol–water partition coefficient (Wildman–Crippen LogP) is 1.15. The topological polar surface area (TPSA) is 194 Å². The van der Waals surface area contributed by atoms with E-state index in [4.69, 9.17) is 15.0 Å². The number of nitrogens with zero attached hydrogens (tertiary/aromatic N) is 4. The van der Waals surface area contributed by atoms with Crippen LogP contribution in [0.5, 0.6) is 0 Å². The third-order valence-electron chi connectivity index (χ3n) is 5.83. The second-order valence-corrected chi connectivity index (χ2v) is 10.1. The van der Waals surface area contributed by atoms with Gasteiger partial charge in [0.2, 0.25) is 5.60 Å². The lowest BCUT2D eigenvalue weighted by atomic mass is 9.94. The monoisotopic (exact) mass is 549 g/mol. The molecule has 0 saturated carbocycles. The van der Waals surface area contributed by atoms with Crippen molar-refractivity contribution in [1.29, 1.82) is 5.26 Å². The zero-order chi connectivity index (χ0) is 27.8. The number of carbonyl (C=O) groups is 1. The third-order valence-corrected chi connectivity index (χ3v) is 6.79. The fraction of sp³-hybridized carbons (Fsp3) is 0.600. The van der Waals surface area contributed by atoms with E-state index in [1.165, 1.54) is 17.5 Å². The molecule has 1 saturated heterocycles. The molecule has 5 N–H and O–H groups in total. The minimum Gasteiger partial charge on any atom is -0.463 e. The van der Waals surface area contributed by atoms with Crippen LogP contribution in [0.15, 0.2) is 18.5 Å². The number of nitrogens with two attached hydrogens (primary N) is 1. The van der Waals surface area contributed by atoms with E-state index in [-0.39, 0.29) is 11.5 Å². The van der Waals surface area contributed by atoms with Crippen molar-refractivity contribution in [3.63, 3.8) is 0 Å². The maximum atomic E-state index is 12.9. The highest BCUT2D eigenvalue weighted by Gasteiger charge is 2.57. The van der Waals surface area contributed by atoms with Crippen molar-refractivity contribution < 1.29 is 46.7 Å². The number of nitriles is 1. The van der Waals surface area contributed by atoms with E-state index in [1.807, 2.05) is 0 Å². The number of anilines is 1. The molecule has 17 heteroatoms. The van der Waals surface area contributed by atoms with Crippen LogP contribution in [-0.2, 0) is 23.4 Å². The number of carbonyl (C=O) groups excluding carboxylic acids is 1. The number of fused-ring (bicyclic) bond motifs is 1. The molecule has 0 amide bonds. The first kappa shape index (κ1) is 28.6.